The van der Waals surface area contributed by atoms with Crippen LogP contribution < -0.4 is 14.8 Å². The predicted molar refractivity (Wildman–Crippen MR) is 105 cm³/mol. The van der Waals surface area contributed by atoms with E-state index in [4.69, 9.17) is 4.74 Å². The van der Waals surface area contributed by atoms with Crippen LogP contribution in [0.25, 0.3) is 0 Å². The molecule has 0 aliphatic rings. The molecule has 0 aliphatic heterocycles. The quantitative estimate of drug-likeness (QED) is 0.689. The summed E-state index contributed by atoms with van der Waals surface area (Å²) in [5.41, 5.74) is 1.18. The predicted octanol–water partition coefficient (Wildman–Crippen LogP) is 2.50. The van der Waals surface area contributed by atoms with Gasteiger partial charge in [-0.2, -0.15) is 0 Å². The van der Waals surface area contributed by atoms with Crippen LogP contribution in [-0.4, -0.2) is 33.5 Å². The second kappa shape index (κ2) is 9.53. The summed E-state index contributed by atoms with van der Waals surface area (Å²) >= 11 is 0. The summed E-state index contributed by atoms with van der Waals surface area (Å²) in [5.74, 6) is 0.183. The third-order valence-electron chi connectivity index (χ3n) is 4.13. The number of ether oxygens (including phenoxy) is 1. The number of nitrogens with one attached hydrogen (secondary N) is 2. The topological polar surface area (TPSA) is 84.5 Å². The highest BCUT2D eigenvalue weighted by Crippen LogP contribution is 2.18. The summed E-state index contributed by atoms with van der Waals surface area (Å²) in [6.45, 7) is 3.47. The average molecular weight is 391 g/mol. The van der Waals surface area contributed by atoms with Gasteiger partial charge in [0.15, 0.2) is 6.10 Å². The van der Waals surface area contributed by atoms with E-state index < -0.39 is 16.1 Å². The Kier molecular flexibility index (Phi) is 7.38. The Morgan fingerprint density at radius 1 is 1.04 bits per heavy atom. The number of sulfonamides is 1. The molecule has 0 heterocycles. The van der Waals surface area contributed by atoms with Gasteiger partial charge in [-0.25, -0.2) is 13.1 Å². The number of hydrogen-bond acceptors (Lipinski definition) is 4. The summed E-state index contributed by atoms with van der Waals surface area (Å²) in [4.78, 5) is 11.6. The van der Waals surface area contributed by atoms with Crippen molar-refractivity contribution >= 4 is 15.9 Å². The van der Waals surface area contributed by atoms with Crippen LogP contribution in [-0.2, 0) is 21.2 Å². The van der Waals surface area contributed by atoms with E-state index in [1.165, 1.54) is 24.7 Å². The Labute approximate surface area is 161 Å². The molecule has 0 unspecified atom stereocenters. The monoisotopic (exact) mass is 390 g/mol. The molecule has 0 saturated heterocycles. The van der Waals surface area contributed by atoms with E-state index in [0.29, 0.717) is 12.2 Å². The number of aryl methyl sites for hydroxylation is 1. The Balaban J connectivity index is 1.94. The standard InChI is InChI=1S/C20H26N2O4S/c1-15(9-10-17-7-5-4-6-8-17)22-27(24,25)19-13-11-18(12-14-19)26-16(2)20(23)21-3/h4-8,11-16,22H,9-10H2,1-3H3,(H,21,23)/t15-,16-/m0/s1. The van der Waals surface area contributed by atoms with Crippen molar-refractivity contribution in [1.29, 1.82) is 0 Å². The number of rotatable bonds is 9. The number of likely N-dealkylation sites (N-methyl/N-ethyl adjacent to an activating group) is 1. The van der Waals surface area contributed by atoms with Gasteiger partial charge in [-0.3, -0.25) is 4.79 Å². The van der Waals surface area contributed by atoms with E-state index in [1.807, 2.05) is 37.3 Å². The largest absolute Gasteiger partial charge is 0.481 e. The molecule has 2 atom stereocenters. The minimum atomic E-state index is -3.61. The zero-order chi connectivity index (χ0) is 19.9. The van der Waals surface area contributed by atoms with E-state index in [9.17, 15) is 13.2 Å². The van der Waals surface area contributed by atoms with Gasteiger partial charge in [-0.05, 0) is 56.5 Å². The van der Waals surface area contributed by atoms with E-state index in [1.54, 1.807) is 19.1 Å². The highest BCUT2D eigenvalue weighted by molar-refractivity contribution is 7.89. The van der Waals surface area contributed by atoms with Gasteiger partial charge < -0.3 is 10.1 Å². The molecule has 0 bridgehead atoms. The molecule has 2 N–H and O–H groups in total. The number of carbonyl (C=O) groups excluding carboxylic acids is 1. The van der Waals surface area contributed by atoms with Crippen molar-refractivity contribution in [3.63, 3.8) is 0 Å². The van der Waals surface area contributed by atoms with Gasteiger partial charge in [0.1, 0.15) is 5.75 Å². The minimum absolute atomic E-state index is 0.161. The Morgan fingerprint density at radius 3 is 2.26 bits per heavy atom. The third kappa shape index (κ3) is 6.37. The highest BCUT2D eigenvalue weighted by Gasteiger charge is 2.18. The molecule has 2 aromatic rings. The molecule has 146 valence electrons. The van der Waals surface area contributed by atoms with Crippen molar-refractivity contribution in [1.82, 2.24) is 10.0 Å². The molecule has 6 nitrogen and oxygen atoms in total. The molecule has 0 radical (unpaired) electrons. The molecule has 2 rings (SSSR count). The van der Waals surface area contributed by atoms with Gasteiger partial charge in [-0.1, -0.05) is 30.3 Å². The molecular formula is C20H26N2O4S. The lowest BCUT2D eigenvalue weighted by molar-refractivity contribution is -0.126. The molecule has 1 amide bonds. The molecule has 0 aliphatic carbocycles. The Morgan fingerprint density at radius 2 is 1.67 bits per heavy atom. The summed E-state index contributed by atoms with van der Waals surface area (Å²) in [6.07, 6.45) is 0.844. The average Bonchev–Trinajstić information content (AvgIpc) is 2.66. The first-order valence-corrected chi connectivity index (χ1v) is 10.3. The van der Waals surface area contributed by atoms with Crippen LogP contribution in [0.15, 0.2) is 59.5 Å². The first-order valence-electron chi connectivity index (χ1n) is 8.86. The lowest BCUT2D eigenvalue weighted by Crippen LogP contribution is -2.34. The Bertz CT molecular complexity index is 836. The van der Waals surface area contributed by atoms with Crippen molar-refractivity contribution in [2.45, 2.75) is 43.7 Å². The lowest BCUT2D eigenvalue weighted by Gasteiger charge is -2.16. The first kappa shape index (κ1) is 20.9. The van der Waals surface area contributed by atoms with Crippen LogP contribution in [0.5, 0.6) is 5.75 Å². The van der Waals surface area contributed by atoms with E-state index in [2.05, 4.69) is 10.0 Å². The molecule has 2 aromatic carbocycles. The molecular weight excluding hydrogens is 364 g/mol. The smallest absolute Gasteiger partial charge is 0.260 e. The van der Waals surface area contributed by atoms with E-state index >= 15 is 0 Å². The van der Waals surface area contributed by atoms with Crippen LogP contribution in [0.3, 0.4) is 0 Å². The number of amides is 1. The SMILES string of the molecule is CNC(=O)[C@H](C)Oc1ccc(S(=O)(=O)N[C@@H](C)CCc2ccccc2)cc1. The zero-order valence-corrected chi connectivity index (χ0v) is 16.6. The van der Waals surface area contributed by atoms with E-state index in [-0.39, 0.29) is 16.8 Å². The van der Waals surface area contributed by atoms with Gasteiger partial charge in [0.05, 0.1) is 4.90 Å². The lowest BCUT2D eigenvalue weighted by atomic mass is 10.1. The van der Waals surface area contributed by atoms with Crippen molar-refractivity contribution in [2.24, 2.45) is 0 Å². The van der Waals surface area contributed by atoms with Gasteiger partial charge >= 0.3 is 0 Å². The minimum Gasteiger partial charge on any atom is -0.481 e. The first-order chi connectivity index (χ1) is 12.8. The van der Waals surface area contributed by atoms with Crippen LogP contribution >= 0.6 is 0 Å². The maximum Gasteiger partial charge on any atom is 0.260 e. The molecule has 0 saturated carbocycles. The summed E-state index contributed by atoms with van der Waals surface area (Å²) in [7, 11) is -2.08. The van der Waals surface area contributed by atoms with Crippen LogP contribution in [0.1, 0.15) is 25.8 Å². The fourth-order valence-corrected chi connectivity index (χ4v) is 3.86. The van der Waals surface area contributed by atoms with Gasteiger partial charge in [-0.15, -0.1) is 0 Å². The fourth-order valence-electron chi connectivity index (χ4n) is 2.58. The van der Waals surface area contributed by atoms with Gasteiger partial charge in [0, 0.05) is 13.1 Å². The van der Waals surface area contributed by atoms with Gasteiger partial charge in [0.25, 0.3) is 5.91 Å². The van der Waals surface area contributed by atoms with Crippen molar-refractivity contribution < 1.29 is 17.9 Å². The number of benzene rings is 2. The van der Waals surface area contributed by atoms with Crippen LogP contribution in [0.2, 0.25) is 0 Å². The van der Waals surface area contributed by atoms with E-state index in [0.717, 1.165) is 6.42 Å². The molecule has 7 heteroatoms. The molecule has 0 aromatic heterocycles. The van der Waals surface area contributed by atoms with Crippen molar-refractivity contribution in [3.8, 4) is 5.75 Å². The third-order valence-corrected chi connectivity index (χ3v) is 5.73. The molecule has 0 spiro atoms. The van der Waals surface area contributed by atoms with Crippen molar-refractivity contribution in [2.75, 3.05) is 7.05 Å². The fraction of sp³-hybridized carbons (Fsp3) is 0.350. The van der Waals surface area contributed by atoms with Crippen molar-refractivity contribution in [3.05, 3.63) is 60.2 Å². The molecule has 27 heavy (non-hydrogen) atoms. The number of carbonyl (C=O) groups is 1. The second-order valence-electron chi connectivity index (χ2n) is 6.39. The summed E-state index contributed by atoms with van der Waals surface area (Å²) in [6, 6.07) is 15.8. The summed E-state index contributed by atoms with van der Waals surface area (Å²) < 4.78 is 33.2. The summed E-state index contributed by atoms with van der Waals surface area (Å²) in [5, 5.41) is 2.50. The highest BCUT2D eigenvalue weighted by atomic mass is 32.2. The number of hydrogen-bond donors (Lipinski definition) is 2. The maximum atomic E-state index is 12.5. The normalized spacial score (nSPS) is 13.6. The Hall–Kier alpha value is -2.38. The van der Waals surface area contributed by atoms with Gasteiger partial charge in [0.2, 0.25) is 10.0 Å². The van der Waals surface area contributed by atoms with Crippen LogP contribution in [0.4, 0.5) is 0 Å². The van der Waals surface area contributed by atoms with Crippen LogP contribution in [0, 0.1) is 0 Å². The zero-order valence-electron chi connectivity index (χ0n) is 15.8. The molecule has 0 fully saturated rings. The maximum absolute atomic E-state index is 12.5. The second-order valence-corrected chi connectivity index (χ2v) is 8.11.